The van der Waals surface area contributed by atoms with E-state index in [0.717, 1.165) is 0 Å². The number of ether oxygens (including phenoxy) is 1. The summed E-state index contributed by atoms with van der Waals surface area (Å²) in [7, 11) is -2.20. The first-order valence-corrected chi connectivity index (χ1v) is 7.87. The maximum absolute atomic E-state index is 11.8. The van der Waals surface area contributed by atoms with Gasteiger partial charge in [0.25, 0.3) is 0 Å². The molecule has 3 N–H and O–H groups in total. The fourth-order valence-electron chi connectivity index (χ4n) is 1.67. The van der Waals surface area contributed by atoms with E-state index < -0.39 is 10.0 Å². The molecule has 2 aromatic rings. The molecule has 7 nitrogen and oxygen atoms in total. The van der Waals surface area contributed by atoms with Crippen molar-refractivity contribution < 1.29 is 13.2 Å². The molecule has 0 unspecified atom stereocenters. The van der Waals surface area contributed by atoms with Crippen LogP contribution >= 0.6 is 0 Å². The van der Waals surface area contributed by atoms with E-state index in [9.17, 15) is 8.42 Å². The van der Waals surface area contributed by atoms with Gasteiger partial charge in [0.2, 0.25) is 10.0 Å². The second-order valence-electron chi connectivity index (χ2n) is 4.76. The smallest absolute Gasteiger partial charge is 0.240 e. The lowest BCUT2D eigenvalue weighted by atomic mass is 10.3. The highest BCUT2D eigenvalue weighted by molar-refractivity contribution is 7.89. The zero-order valence-electron chi connectivity index (χ0n) is 12.1. The van der Waals surface area contributed by atoms with Crippen LogP contribution in [0.2, 0.25) is 0 Å². The highest BCUT2D eigenvalue weighted by Crippen LogP contribution is 2.30. The van der Waals surface area contributed by atoms with E-state index in [1.165, 1.54) is 25.2 Å². The van der Waals surface area contributed by atoms with E-state index in [2.05, 4.69) is 9.82 Å². The number of aromatic nitrogens is 2. The van der Waals surface area contributed by atoms with Crippen molar-refractivity contribution in [2.45, 2.75) is 24.8 Å². The van der Waals surface area contributed by atoms with Crippen molar-refractivity contribution in [3.05, 3.63) is 30.6 Å². The molecule has 1 aromatic carbocycles. The number of hydrogen-bond acceptors (Lipinski definition) is 5. The monoisotopic (exact) mass is 310 g/mol. The molecule has 0 aliphatic heterocycles. The minimum atomic E-state index is -3.54. The molecule has 0 radical (unpaired) electrons. The first-order chi connectivity index (χ1) is 9.83. The zero-order valence-corrected chi connectivity index (χ0v) is 12.9. The lowest BCUT2D eigenvalue weighted by Crippen LogP contribution is -2.18. The summed E-state index contributed by atoms with van der Waals surface area (Å²) in [5.41, 5.74) is 6.17. The Morgan fingerprint density at radius 1 is 1.38 bits per heavy atom. The molecule has 0 atom stereocenters. The Bertz CT molecular complexity index is 738. The Morgan fingerprint density at radius 2 is 2.10 bits per heavy atom. The van der Waals surface area contributed by atoms with Crippen molar-refractivity contribution in [1.82, 2.24) is 14.5 Å². The average Bonchev–Trinajstić information content (AvgIpc) is 2.90. The summed E-state index contributed by atoms with van der Waals surface area (Å²) in [5, 5.41) is 4.15. The second kappa shape index (κ2) is 5.74. The number of benzene rings is 1. The van der Waals surface area contributed by atoms with Crippen molar-refractivity contribution in [2.75, 3.05) is 12.8 Å². The van der Waals surface area contributed by atoms with Gasteiger partial charge >= 0.3 is 0 Å². The molecule has 114 valence electrons. The van der Waals surface area contributed by atoms with Crippen LogP contribution in [-0.4, -0.2) is 25.2 Å². The van der Waals surface area contributed by atoms with E-state index in [0.29, 0.717) is 11.4 Å². The molecule has 0 aliphatic carbocycles. The average molecular weight is 310 g/mol. The number of anilines is 1. The molecule has 1 aromatic heterocycles. The van der Waals surface area contributed by atoms with Crippen LogP contribution in [-0.2, 0) is 10.0 Å². The molecule has 0 aliphatic rings. The molecule has 1 heterocycles. The van der Waals surface area contributed by atoms with Crippen LogP contribution in [0.1, 0.15) is 19.9 Å². The molecule has 0 amide bonds. The fourth-order valence-corrected chi connectivity index (χ4v) is 2.42. The first kappa shape index (κ1) is 15.3. The number of nitrogens with one attached hydrogen (secondary N) is 1. The van der Waals surface area contributed by atoms with E-state index in [1.807, 2.05) is 13.8 Å². The highest BCUT2D eigenvalue weighted by Gasteiger charge is 2.15. The highest BCUT2D eigenvalue weighted by atomic mass is 32.2. The summed E-state index contributed by atoms with van der Waals surface area (Å²) < 4.78 is 33.2. The Hall–Kier alpha value is -2.06. The van der Waals surface area contributed by atoms with Gasteiger partial charge in [-0.15, -0.1) is 0 Å². The van der Waals surface area contributed by atoms with Gasteiger partial charge in [0, 0.05) is 12.1 Å². The van der Waals surface area contributed by atoms with E-state index in [1.54, 1.807) is 17.1 Å². The van der Waals surface area contributed by atoms with Crippen LogP contribution in [0.15, 0.2) is 35.5 Å². The summed E-state index contributed by atoms with van der Waals surface area (Å²) in [6, 6.07) is 4.50. The predicted molar refractivity (Wildman–Crippen MR) is 79.8 cm³/mol. The maximum atomic E-state index is 11.8. The van der Waals surface area contributed by atoms with E-state index in [4.69, 9.17) is 10.5 Å². The van der Waals surface area contributed by atoms with Gasteiger partial charge in [0.1, 0.15) is 0 Å². The minimum Gasteiger partial charge on any atom is -0.452 e. The van der Waals surface area contributed by atoms with Gasteiger partial charge in [-0.25, -0.2) is 13.1 Å². The van der Waals surface area contributed by atoms with Crippen molar-refractivity contribution in [3.63, 3.8) is 0 Å². The molecule has 0 spiro atoms. The second-order valence-corrected chi connectivity index (χ2v) is 6.65. The summed E-state index contributed by atoms with van der Waals surface area (Å²) in [6.45, 7) is 3.98. The van der Waals surface area contributed by atoms with E-state index in [-0.39, 0.29) is 16.7 Å². The van der Waals surface area contributed by atoms with Gasteiger partial charge in [-0.05, 0) is 33.0 Å². The normalized spacial score (nSPS) is 11.8. The quantitative estimate of drug-likeness (QED) is 0.820. The fraction of sp³-hybridized carbons (Fsp3) is 0.308. The number of rotatable bonds is 5. The molecule has 8 heteroatoms. The molecule has 0 saturated carbocycles. The van der Waals surface area contributed by atoms with Crippen molar-refractivity contribution in [3.8, 4) is 11.5 Å². The van der Waals surface area contributed by atoms with Gasteiger partial charge in [-0.2, -0.15) is 5.10 Å². The topological polar surface area (TPSA) is 99.2 Å². The molecule has 2 rings (SSSR count). The first-order valence-electron chi connectivity index (χ1n) is 6.38. The molecule has 0 saturated heterocycles. The van der Waals surface area contributed by atoms with E-state index >= 15 is 0 Å². The third-order valence-corrected chi connectivity index (χ3v) is 4.31. The number of nitrogens with zero attached hydrogens (tertiary/aromatic N) is 2. The molecule has 0 fully saturated rings. The van der Waals surface area contributed by atoms with Gasteiger partial charge in [0.15, 0.2) is 11.5 Å². The van der Waals surface area contributed by atoms with Gasteiger partial charge in [0.05, 0.1) is 23.0 Å². The molecular weight excluding hydrogens is 292 g/mol. The largest absolute Gasteiger partial charge is 0.452 e. The van der Waals surface area contributed by atoms with Gasteiger partial charge in [-0.1, -0.05) is 0 Å². The van der Waals surface area contributed by atoms with Crippen molar-refractivity contribution in [2.24, 2.45) is 0 Å². The summed E-state index contributed by atoms with van der Waals surface area (Å²) in [4.78, 5) is 0.0884. The minimum absolute atomic E-state index is 0.0884. The van der Waals surface area contributed by atoms with Crippen LogP contribution < -0.4 is 15.2 Å². The van der Waals surface area contributed by atoms with Crippen molar-refractivity contribution >= 4 is 15.7 Å². The molecule has 21 heavy (non-hydrogen) atoms. The Labute approximate surface area is 123 Å². The zero-order chi connectivity index (χ0) is 15.6. The lowest BCUT2D eigenvalue weighted by Gasteiger charge is -2.09. The number of nitrogens with two attached hydrogens (primary N) is 1. The predicted octanol–water partition coefficient (Wildman–Crippen LogP) is 1.75. The number of nitrogen functional groups attached to an aromatic ring is 1. The van der Waals surface area contributed by atoms with Crippen LogP contribution in [0.3, 0.4) is 0 Å². The van der Waals surface area contributed by atoms with Crippen LogP contribution in [0.5, 0.6) is 11.5 Å². The van der Waals surface area contributed by atoms with Crippen molar-refractivity contribution in [1.29, 1.82) is 0 Å². The standard InChI is InChI=1S/C13H18N4O3S/c1-9(2)17-8-10(7-16-17)20-13-6-11(4-5-12(13)14)21(18,19)15-3/h4-9,15H,14H2,1-3H3. The van der Waals surface area contributed by atoms with Crippen LogP contribution in [0.4, 0.5) is 5.69 Å². The summed E-state index contributed by atoms with van der Waals surface area (Å²) in [6.07, 6.45) is 3.28. The van der Waals surface area contributed by atoms with Crippen LogP contribution in [0.25, 0.3) is 0 Å². The summed E-state index contributed by atoms with van der Waals surface area (Å²) >= 11 is 0. The third kappa shape index (κ3) is 3.34. The van der Waals surface area contributed by atoms with Crippen LogP contribution in [0, 0.1) is 0 Å². The lowest BCUT2D eigenvalue weighted by molar-refractivity contribution is 0.477. The molecule has 0 bridgehead atoms. The maximum Gasteiger partial charge on any atom is 0.240 e. The molecular formula is C13H18N4O3S. The van der Waals surface area contributed by atoms with Gasteiger partial charge in [-0.3, -0.25) is 4.68 Å². The summed E-state index contributed by atoms with van der Waals surface area (Å²) in [5.74, 6) is 0.768. The SMILES string of the molecule is CNS(=O)(=O)c1ccc(N)c(Oc2cnn(C(C)C)c2)c1. The third-order valence-electron chi connectivity index (χ3n) is 2.90. The van der Waals surface area contributed by atoms with Gasteiger partial charge < -0.3 is 10.5 Å². The Kier molecular flexibility index (Phi) is 4.19. The Balaban J connectivity index is 2.33. The number of sulfonamides is 1. The number of hydrogen-bond donors (Lipinski definition) is 2. The Morgan fingerprint density at radius 3 is 2.67 bits per heavy atom.